The molecule has 0 fully saturated rings. The zero-order valence-electron chi connectivity index (χ0n) is 19.2. The number of carboxylic acids is 1. The first-order valence-electron chi connectivity index (χ1n) is 10.6. The van der Waals surface area contributed by atoms with Crippen molar-refractivity contribution in [2.45, 2.75) is 38.4 Å². The van der Waals surface area contributed by atoms with Crippen molar-refractivity contribution < 1.29 is 36.3 Å². The first-order chi connectivity index (χ1) is 16.8. The molecule has 0 aromatic heterocycles. The second kappa shape index (κ2) is 12.1. The van der Waals surface area contributed by atoms with Gasteiger partial charge in [0.1, 0.15) is 12.4 Å². The maximum atomic E-state index is 13.4. The molecule has 14 heteroatoms. The molecule has 1 unspecified atom stereocenters. The van der Waals surface area contributed by atoms with Gasteiger partial charge in [0.25, 0.3) is 0 Å². The van der Waals surface area contributed by atoms with Crippen molar-refractivity contribution >= 4 is 33.8 Å². The number of nitrogens with zero attached hydrogens (tertiary/aromatic N) is 2. The Morgan fingerprint density at radius 3 is 2.47 bits per heavy atom. The molecule has 0 saturated carbocycles. The van der Waals surface area contributed by atoms with Crippen LogP contribution in [0.5, 0.6) is 0 Å². The van der Waals surface area contributed by atoms with E-state index in [1.807, 2.05) is 0 Å². The average molecular weight is 530 g/mol. The Balaban J connectivity index is 2.51. The highest BCUT2D eigenvalue weighted by atomic mass is 32.2. The van der Waals surface area contributed by atoms with Crippen molar-refractivity contribution in [1.82, 2.24) is 9.84 Å². The number of unbranched alkanes of at least 4 members (excludes halogenated alkanes) is 1. The van der Waals surface area contributed by atoms with E-state index in [2.05, 4.69) is 10.4 Å². The van der Waals surface area contributed by atoms with Gasteiger partial charge in [0.15, 0.2) is 5.78 Å². The Kier molecular flexibility index (Phi) is 9.69. The van der Waals surface area contributed by atoms with Crippen molar-refractivity contribution in [2.24, 2.45) is 16.7 Å². The molecule has 0 saturated heterocycles. The van der Waals surface area contributed by atoms with Crippen LogP contribution in [0.4, 0.5) is 18.9 Å². The number of nitrogens with one attached hydrogen (secondary N) is 1. The largest absolute Gasteiger partial charge is 0.480 e. The SMILES string of the molecule is CCCCS(=O)(=O)N(N)C(Cc1ccccc1C(=O)c1cc(N=CNN)cc(C(F)(F)F)c1)C(=O)O. The lowest BCUT2D eigenvalue weighted by molar-refractivity contribution is -0.141. The summed E-state index contributed by atoms with van der Waals surface area (Å²) >= 11 is 0. The van der Waals surface area contributed by atoms with Crippen LogP contribution >= 0.6 is 0 Å². The summed E-state index contributed by atoms with van der Waals surface area (Å²) in [5, 5.41) is 9.66. The van der Waals surface area contributed by atoms with Crippen molar-refractivity contribution in [3.8, 4) is 0 Å². The summed E-state index contributed by atoms with van der Waals surface area (Å²) in [5.74, 6) is 7.98. The van der Waals surface area contributed by atoms with Crippen LogP contribution in [0.1, 0.15) is 46.8 Å². The smallest absolute Gasteiger partial charge is 0.416 e. The Bertz CT molecular complexity index is 1230. The van der Waals surface area contributed by atoms with Crippen molar-refractivity contribution in [1.29, 1.82) is 0 Å². The van der Waals surface area contributed by atoms with E-state index in [0.29, 0.717) is 12.5 Å². The average Bonchev–Trinajstić information content (AvgIpc) is 2.83. The third-order valence-electron chi connectivity index (χ3n) is 5.14. The van der Waals surface area contributed by atoms with E-state index in [4.69, 9.17) is 11.7 Å². The van der Waals surface area contributed by atoms with Crippen LogP contribution in [0, 0.1) is 0 Å². The van der Waals surface area contributed by atoms with Gasteiger partial charge in [0, 0.05) is 17.5 Å². The number of benzene rings is 2. The minimum absolute atomic E-state index is 0.0853. The number of alkyl halides is 3. The second-order valence-electron chi connectivity index (χ2n) is 7.74. The molecule has 2 rings (SSSR count). The fourth-order valence-corrected chi connectivity index (χ4v) is 4.70. The lowest BCUT2D eigenvalue weighted by Crippen LogP contribution is -2.51. The molecule has 0 aliphatic carbocycles. The highest BCUT2D eigenvalue weighted by molar-refractivity contribution is 7.89. The second-order valence-corrected chi connectivity index (χ2v) is 9.73. The lowest BCUT2D eigenvalue weighted by atomic mass is 9.93. The number of rotatable bonds is 12. The fourth-order valence-electron chi connectivity index (χ4n) is 3.29. The predicted molar refractivity (Wildman–Crippen MR) is 127 cm³/mol. The van der Waals surface area contributed by atoms with Crippen LogP contribution in [0.25, 0.3) is 0 Å². The third kappa shape index (κ3) is 7.34. The minimum Gasteiger partial charge on any atom is -0.480 e. The fraction of sp³-hybridized carbons (Fsp3) is 0.318. The highest BCUT2D eigenvalue weighted by Gasteiger charge is 2.34. The van der Waals surface area contributed by atoms with Crippen LogP contribution < -0.4 is 17.1 Å². The molecular formula is C22H26F3N5O5S. The predicted octanol–water partition coefficient (Wildman–Crippen LogP) is 2.36. The molecule has 6 N–H and O–H groups in total. The Morgan fingerprint density at radius 2 is 1.89 bits per heavy atom. The molecule has 36 heavy (non-hydrogen) atoms. The first kappa shape index (κ1) is 28.9. The third-order valence-corrected chi connectivity index (χ3v) is 6.84. The summed E-state index contributed by atoms with van der Waals surface area (Å²) < 4.78 is 65.4. The number of sulfonamides is 1. The van der Waals surface area contributed by atoms with Gasteiger partial charge in [-0.2, -0.15) is 13.2 Å². The molecule has 0 bridgehead atoms. The Hall–Kier alpha value is -3.33. The lowest BCUT2D eigenvalue weighted by Gasteiger charge is -2.24. The number of hydrogen-bond donors (Lipinski definition) is 4. The topological polar surface area (TPSA) is 168 Å². The van der Waals surface area contributed by atoms with Crippen LogP contribution in [0.3, 0.4) is 0 Å². The van der Waals surface area contributed by atoms with E-state index in [1.165, 1.54) is 24.3 Å². The number of carbonyl (C=O) groups excluding carboxylic acids is 1. The summed E-state index contributed by atoms with van der Waals surface area (Å²) in [6.07, 6.45) is -3.55. The standard InChI is InChI=1S/C22H26F3N5O5S/c1-2-3-8-36(34,35)30(27)19(21(32)33)11-14-6-4-5-7-18(14)20(31)15-9-16(22(23,24)25)12-17(10-15)28-13-29-26/h4-7,9-10,12-13,19H,2-3,8,11,26-27H2,1H3,(H,28,29)(H,32,33). The van der Waals surface area contributed by atoms with Gasteiger partial charge < -0.3 is 10.5 Å². The van der Waals surface area contributed by atoms with E-state index < -0.39 is 46.0 Å². The number of carbonyl (C=O) groups is 2. The molecule has 0 amide bonds. The van der Waals surface area contributed by atoms with Crippen LogP contribution in [0.15, 0.2) is 47.5 Å². The summed E-state index contributed by atoms with van der Waals surface area (Å²) in [7, 11) is -4.12. The van der Waals surface area contributed by atoms with Crippen LogP contribution in [-0.2, 0) is 27.4 Å². The minimum atomic E-state index is -4.78. The zero-order chi connectivity index (χ0) is 27.1. The number of aliphatic carboxylic acids is 1. The zero-order valence-corrected chi connectivity index (χ0v) is 20.0. The van der Waals surface area contributed by atoms with E-state index in [9.17, 15) is 36.3 Å². The summed E-state index contributed by atoms with van der Waals surface area (Å²) in [5.41, 5.74) is 0.317. The summed E-state index contributed by atoms with van der Waals surface area (Å²) in [6.45, 7) is 1.75. The normalized spacial score (nSPS) is 13.2. The molecule has 10 nitrogen and oxygen atoms in total. The van der Waals surface area contributed by atoms with E-state index in [1.54, 1.807) is 6.92 Å². The van der Waals surface area contributed by atoms with Crippen LogP contribution in [0.2, 0.25) is 0 Å². The molecule has 1 atom stereocenters. The highest BCUT2D eigenvalue weighted by Crippen LogP contribution is 2.33. The van der Waals surface area contributed by atoms with Gasteiger partial charge in [-0.05, 0) is 30.2 Å². The molecule has 2 aromatic carbocycles. The van der Waals surface area contributed by atoms with E-state index in [0.717, 1.165) is 18.5 Å². The number of ketones is 1. The number of carboxylic acid groups (broad SMARTS) is 1. The van der Waals surface area contributed by atoms with Gasteiger partial charge in [-0.25, -0.2) is 19.3 Å². The Morgan fingerprint density at radius 1 is 1.22 bits per heavy atom. The number of nitrogens with two attached hydrogens (primary N) is 2. The van der Waals surface area contributed by atoms with Crippen molar-refractivity contribution in [2.75, 3.05) is 5.75 Å². The maximum absolute atomic E-state index is 13.4. The monoisotopic (exact) mass is 529 g/mol. The Labute approximate surface area is 205 Å². The quantitative estimate of drug-likeness (QED) is 0.107. The van der Waals surface area contributed by atoms with Gasteiger partial charge in [-0.3, -0.25) is 15.4 Å². The van der Waals surface area contributed by atoms with Gasteiger partial charge in [0.2, 0.25) is 10.0 Å². The van der Waals surface area contributed by atoms with Gasteiger partial charge >= 0.3 is 12.1 Å². The number of halogens is 3. The van der Waals surface area contributed by atoms with E-state index in [-0.39, 0.29) is 39.0 Å². The van der Waals surface area contributed by atoms with Gasteiger partial charge in [-0.1, -0.05) is 37.6 Å². The molecule has 2 aromatic rings. The van der Waals surface area contributed by atoms with Crippen molar-refractivity contribution in [3.63, 3.8) is 0 Å². The van der Waals surface area contributed by atoms with Crippen LogP contribution in [-0.4, -0.2) is 47.8 Å². The first-order valence-corrected chi connectivity index (χ1v) is 12.3. The molecule has 0 heterocycles. The van der Waals surface area contributed by atoms with Gasteiger partial charge in [0.05, 0.1) is 17.0 Å². The number of aliphatic imine (C=N–C) groups is 1. The summed E-state index contributed by atoms with van der Waals surface area (Å²) in [4.78, 5) is 28.9. The number of hydrazine groups is 2. The number of hydrogen-bond acceptors (Lipinski definition) is 7. The molecule has 0 spiro atoms. The maximum Gasteiger partial charge on any atom is 0.416 e. The molecular weight excluding hydrogens is 503 g/mol. The van der Waals surface area contributed by atoms with E-state index >= 15 is 0 Å². The molecule has 196 valence electrons. The molecule has 0 aliphatic heterocycles. The van der Waals surface area contributed by atoms with Crippen molar-refractivity contribution in [3.05, 3.63) is 64.7 Å². The summed E-state index contributed by atoms with van der Waals surface area (Å²) in [6, 6.07) is 6.33. The molecule has 0 radical (unpaired) electrons. The molecule has 0 aliphatic rings. The van der Waals surface area contributed by atoms with Gasteiger partial charge in [-0.15, -0.1) is 4.41 Å².